The van der Waals surface area contributed by atoms with Crippen molar-refractivity contribution >= 4 is 39.7 Å². The molecule has 0 spiro atoms. The molecular formula is C28H29N3O5S. The third-order valence-electron chi connectivity index (χ3n) is 6.17. The van der Waals surface area contributed by atoms with Crippen LogP contribution in [0.15, 0.2) is 54.4 Å². The Balaban J connectivity index is 1.75. The maximum absolute atomic E-state index is 13.3. The van der Waals surface area contributed by atoms with Crippen molar-refractivity contribution in [3.8, 4) is 5.75 Å². The minimum absolute atomic E-state index is 0.0540. The number of thiazole rings is 1. The Morgan fingerprint density at radius 3 is 2.41 bits per heavy atom. The van der Waals surface area contributed by atoms with Gasteiger partial charge in [-0.15, -0.1) is 0 Å². The number of carbonyl (C=O) groups is 3. The first-order valence-corrected chi connectivity index (χ1v) is 13.1. The minimum atomic E-state index is -0.933. The molecule has 9 heteroatoms. The quantitative estimate of drug-likeness (QED) is 0.121. The van der Waals surface area contributed by atoms with Crippen LogP contribution in [0.4, 0.5) is 5.13 Å². The Morgan fingerprint density at radius 1 is 1.08 bits per heavy atom. The van der Waals surface area contributed by atoms with Gasteiger partial charge in [-0.2, -0.15) is 0 Å². The molecule has 0 radical (unpaired) electrons. The van der Waals surface area contributed by atoms with Gasteiger partial charge in [0, 0.05) is 24.9 Å². The van der Waals surface area contributed by atoms with Gasteiger partial charge in [0.05, 0.1) is 28.8 Å². The average Bonchev–Trinajstić information content (AvgIpc) is 3.41. The molecule has 3 heterocycles. The summed E-state index contributed by atoms with van der Waals surface area (Å²) >= 11 is 1.05. The van der Waals surface area contributed by atoms with E-state index in [1.165, 1.54) is 30.6 Å². The van der Waals surface area contributed by atoms with Crippen LogP contribution < -0.4 is 9.64 Å². The van der Waals surface area contributed by atoms with E-state index in [1.807, 2.05) is 0 Å². The molecule has 192 valence electrons. The molecule has 4 rings (SSSR count). The summed E-state index contributed by atoms with van der Waals surface area (Å²) in [5, 5.41) is 11.4. The van der Waals surface area contributed by atoms with E-state index < -0.39 is 17.7 Å². The van der Waals surface area contributed by atoms with Crippen molar-refractivity contribution in [2.24, 2.45) is 0 Å². The lowest BCUT2D eigenvalue weighted by Gasteiger charge is -2.23. The van der Waals surface area contributed by atoms with Crippen LogP contribution in [-0.2, 0) is 9.59 Å². The van der Waals surface area contributed by atoms with Gasteiger partial charge in [0.1, 0.15) is 11.5 Å². The smallest absolute Gasteiger partial charge is 0.301 e. The van der Waals surface area contributed by atoms with Gasteiger partial charge in [0.15, 0.2) is 10.9 Å². The van der Waals surface area contributed by atoms with Gasteiger partial charge in [-0.05, 0) is 43.2 Å². The monoisotopic (exact) mass is 519 g/mol. The number of aliphatic hydroxyl groups is 1. The van der Waals surface area contributed by atoms with Crippen molar-refractivity contribution in [2.75, 3.05) is 11.5 Å². The number of aromatic nitrogens is 2. The summed E-state index contributed by atoms with van der Waals surface area (Å²) in [5.74, 6) is -1.44. The van der Waals surface area contributed by atoms with Crippen LogP contribution in [-0.4, -0.2) is 39.2 Å². The summed E-state index contributed by atoms with van der Waals surface area (Å²) in [6.07, 6.45) is 7.38. The molecule has 0 saturated carbocycles. The van der Waals surface area contributed by atoms with E-state index in [9.17, 15) is 19.5 Å². The first kappa shape index (κ1) is 26.2. The van der Waals surface area contributed by atoms with Crippen LogP contribution in [0.1, 0.15) is 72.1 Å². The van der Waals surface area contributed by atoms with Crippen molar-refractivity contribution in [3.63, 3.8) is 0 Å². The Hall–Kier alpha value is -3.85. The number of amides is 1. The first-order chi connectivity index (χ1) is 17.8. The van der Waals surface area contributed by atoms with E-state index in [0.29, 0.717) is 34.1 Å². The van der Waals surface area contributed by atoms with Crippen molar-refractivity contribution < 1.29 is 24.2 Å². The summed E-state index contributed by atoms with van der Waals surface area (Å²) in [6.45, 7) is 5.88. The molecule has 0 bridgehead atoms. The molecule has 1 amide bonds. The number of Topliss-reactive ketones (excluding diaryl/α,β-unsaturated/α-hetero) is 2. The van der Waals surface area contributed by atoms with Crippen LogP contribution in [0, 0.1) is 6.92 Å². The second-order valence-corrected chi connectivity index (χ2v) is 9.83. The summed E-state index contributed by atoms with van der Waals surface area (Å²) < 4.78 is 5.85. The zero-order valence-electron chi connectivity index (χ0n) is 21.1. The van der Waals surface area contributed by atoms with E-state index in [1.54, 1.807) is 43.3 Å². The van der Waals surface area contributed by atoms with Gasteiger partial charge in [-0.1, -0.05) is 49.7 Å². The third kappa shape index (κ3) is 5.46. The maximum atomic E-state index is 13.3. The van der Waals surface area contributed by atoms with Crippen molar-refractivity contribution in [2.45, 2.75) is 52.5 Å². The van der Waals surface area contributed by atoms with E-state index in [2.05, 4.69) is 16.9 Å². The number of ketones is 2. The van der Waals surface area contributed by atoms with E-state index >= 15 is 0 Å². The molecule has 8 nitrogen and oxygen atoms in total. The lowest BCUT2D eigenvalue weighted by molar-refractivity contribution is -0.132. The van der Waals surface area contributed by atoms with Gasteiger partial charge in [-0.3, -0.25) is 24.3 Å². The SMILES string of the molecule is CCCCCCOc1ccc(C2/C(=C(\O)c3ccncc3)C(=O)C(=O)N2c2nc(C)c(C(C)=O)s2)cc1. The standard InChI is InChI=1S/C28H29N3O5S/c1-4-5-6-7-16-36-21-10-8-19(9-11-21)23-22(24(33)20-12-14-29-15-13-20)25(34)27(35)31(23)28-30-17(2)26(37-28)18(3)32/h8-15,23,33H,4-7,16H2,1-3H3/b24-22+. The molecular weight excluding hydrogens is 490 g/mol. The number of rotatable bonds is 10. The number of carbonyl (C=O) groups excluding carboxylic acids is 3. The van der Waals surface area contributed by atoms with Crippen LogP contribution in [0.5, 0.6) is 5.75 Å². The highest BCUT2D eigenvalue weighted by molar-refractivity contribution is 7.18. The molecule has 1 aliphatic rings. The topological polar surface area (TPSA) is 110 Å². The highest BCUT2D eigenvalue weighted by Gasteiger charge is 2.48. The summed E-state index contributed by atoms with van der Waals surface area (Å²) in [4.78, 5) is 48.7. The molecule has 1 saturated heterocycles. The predicted octanol–water partition coefficient (Wildman–Crippen LogP) is 5.63. The van der Waals surface area contributed by atoms with Crippen molar-refractivity contribution in [3.05, 3.63) is 76.1 Å². The molecule has 0 aliphatic carbocycles. The van der Waals surface area contributed by atoms with E-state index in [-0.39, 0.29) is 22.2 Å². The maximum Gasteiger partial charge on any atom is 0.301 e. The summed E-state index contributed by atoms with van der Waals surface area (Å²) in [5.41, 5.74) is 1.39. The van der Waals surface area contributed by atoms with E-state index in [0.717, 1.165) is 30.6 Å². The fraction of sp³-hybridized carbons (Fsp3) is 0.321. The minimum Gasteiger partial charge on any atom is -0.507 e. The number of pyridine rings is 1. The van der Waals surface area contributed by atoms with Gasteiger partial charge in [0.2, 0.25) is 0 Å². The molecule has 37 heavy (non-hydrogen) atoms. The second-order valence-electron chi connectivity index (χ2n) is 8.85. The van der Waals surface area contributed by atoms with Gasteiger partial charge < -0.3 is 9.84 Å². The van der Waals surface area contributed by atoms with Crippen molar-refractivity contribution in [1.82, 2.24) is 9.97 Å². The third-order valence-corrected chi connectivity index (χ3v) is 7.43. The largest absolute Gasteiger partial charge is 0.507 e. The number of ether oxygens (including phenoxy) is 1. The number of nitrogens with zero attached hydrogens (tertiary/aromatic N) is 3. The van der Waals surface area contributed by atoms with Crippen LogP contribution >= 0.6 is 11.3 Å². The number of hydrogen-bond acceptors (Lipinski definition) is 8. The number of anilines is 1. The van der Waals surface area contributed by atoms with Gasteiger partial charge >= 0.3 is 5.91 Å². The lowest BCUT2D eigenvalue weighted by Crippen LogP contribution is -2.29. The first-order valence-electron chi connectivity index (χ1n) is 12.3. The molecule has 1 atom stereocenters. The van der Waals surface area contributed by atoms with Crippen LogP contribution in [0.2, 0.25) is 0 Å². The zero-order valence-corrected chi connectivity index (χ0v) is 21.9. The molecule has 1 N–H and O–H groups in total. The number of aliphatic hydroxyl groups excluding tert-OH is 1. The Kier molecular flexibility index (Phi) is 8.13. The molecule has 3 aromatic rings. The molecule has 1 aliphatic heterocycles. The number of unbranched alkanes of at least 4 members (excludes halogenated alkanes) is 3. The average molecular weight is 520 g/mol. The van der Waals surface area contributed by atoms with Crippen LogP contribution in [0.25, 0.3) is 5.76 Å². The Bertz CT molecular complexity index is 1330. The molecule has 1 unspecified atom stereocenters. The molecule has 2 aromatic heterocycles. The normalized spacial score (nSPS) is 16.8. The summed E-state index contributed by atoms with van der Waals surface area (Å²) in [7, 11) is 0. The highest BCUT2D eigenvalue weighted by Crippen LogP contribution is 2.44. The van der Waals surface area contributed by atoms with Crippen molar-refractivity contribution in [1.29, 1.82) is 0 Å². The zero-order chi connectivity index (χ0) is 26.5. The van der Waals surface area contributed by atoms with E-state index in [4.69, 9.17) is 4.74 Å². The number of aryl methyl sites for hydroxylation is 1. The lowest BCUT2D eigenvalue weighted by atomic mass is 9.95. The number of hydrogen-bond donors (Lipinski definition) is 1. The second kappa shape index (κ2) is 11.5. The predicted molar refractivity (Wildman–Crippen MR) is 142 cm³/mol. The van der Waals surface area contributed by atoms with Gasteiger partial charge in [-0.25, -0.2) is 4.98 Å². The highest BCUT2D eigenvalue weighted by atomic mass is 32.1. The number of benzene rings is 1. The Labute approximate surface area is 219 Å². The molecule has 1 aromatic carbocycles. The summed E-state index contributed by atoms with van der Waals surface area (Å²) in [6, 6.07) is 9.32. The Morgan fingerprint density at radius 2 is 1.78 bits per heavy atom. The fourth-order valence-corrected chi connectivity index (χ4v) is 5.28. The molecule has 1 fully saturated rings. The fourth-order valence-electron chi connectivity index (χ4n) is 4.29. The van der Waals surface area contributed by atoms with Gasteiger partial charge in [0.25, 0.3) is 5.78 Å². The van der Waals surface area contributed by atoms with Crippen LogP contribution in [0.3, 0.4) is 0 Å².